The lowest BCUT2D eigenvalue weighted by atomic mass is 10.1. The molecule has 2 aromatic rings. The van der Waals surface area contributed by atoms with E-state index in [0.29, 0.717) is 28.8 Å². The van der Waals surface area contributed by atoms with Gasteiger partial charge in [-0.25, -0.2) is 0 Å². The molecular formula is C19H20Cl2N2O3. The molecule has 0 aliphatic carbocycles. The highest BCUT2D eigenvalue weighted by Crippen LogP contribution is 2.27. The molecule has 7 heteroatoms. The van der Waals surface area contributed by atoms with Gasteiger partial charge in [-0.05, 0) is 42.7 Å². The van der Waals surface area contributed by atoms with E-state index in [9.17, 15) is 9.59 Å². The number of nitrogens with one attached hydrogen (secondary N) is 2. The molecule has 0 radical (unpaired) electrons. The Labute approximate surface area is 162 Å². The first-order valence-corrected chi connectivity index (χ1v) is 8.91. The Morgan fingerprint density at radius 1 is 1.04 bits per heavy atom. The van der Waals surface area contributed by atoms with Gasteiger partial charge in [-0.3, -0.25) is 20.4 Å². The Balaban J connectivity index is 1.64. The van der Waals surface area contributed by atoms with Crippen molar-refractivity contribution in [2.45, 2.75) is 26.2 Å². The zero-order valence-corrected chi connectivity index (χ0v) is 15.9. The summed E-state index contributed by atoms with van der Waals surface area (Å²) in [6, 6.07) is 12.6. The number of benzene rings is 2. The molecule has 0 aromatic heterocycles. The quantitative estimate of drug-likeness (QED) is 0.553. The van der Waals surface area contributed by atoms with Gasteiger partial charge in [-0.15, -0.1) is 0 Å². The number of aryl methyl sites for hydroxylation is 1. The molecule has 0 saturated carbocycles. The molecule has 2 rings (SSSR count). The molecule has 2 amide bonds. The van der Waals surface area contributed by atoms with Crippen molar-refractivity contribution >= 4 is 35.0 Å². The summed E-state index contributed by atoms with van der Waals surface area (Å²) in [7, 11) is 0. The van der Waals surface area contributed by atoms with Gasteiger partial charge < -0.3 is 4.74 Å². The smallest absolute Gasteiger partial charge is 0.242 e. The van der Waals surface area contributed by atoms with Crippen molar-refractivity contribution in [3.8, 4) is 5.75 Å². The summed E-state index contributed by atoms with van der Waals surface area (Å²) in [5, 5.41) is 0.952. The SMILES string of the molecule is Cc1ccccc1CC(=O)NNC(=O)CCCOc1ccc(Cl)cc1Cl. The van der Waals surface area contributed by atoms with Gasteiger partial charge in [0.1, 0.15) is 5.75 Å². The molecule has 2 N–H and O–H groups in total. The number of carbonyl (C=O) groups excluding carboxylic acids is 2. The molecule has 0 fully saturated rings. The maximum atomic E-state index is 11.9. The highest BCUT2D eigenvalue weighted by atomic mass is 35.5. The third-order valence-corrected chi connectivity index (χ3v) is 4.18. The summed E-state index contributed by atoms with van der Waals surface area (Å²) in [6.07, 6.45) is 0.916. The molecule has 0 aliphatic heterocycles. The highest BCUT2D eigenvalue weighted by molar-refractivity contribution is 6.35. The standard InChI is InChI=1S/C19H20Cl2N2O3/c1-13-5-2-3-6-14(13)11-19(25)23-22-18(24)7-4-10-26-17-9-8-15(20)12-16(17)21/h2-3,5-6,8-9,12H,4,7,10-11H2,1H3,(H,22,24)(H,23,25). The predicted octanol–water partition coefficient (Wildman–Crippen LogP) is 3.85. The van der Waals surface area contributed by atoms with Crippen molar-refractivity contribution < 1.29 is 14.3 Å². The number of ether oxygens (including phenoxy) is 1. The summed E-state index contributed by atoms with van der Waals surface area (Å²) in [4.78, 5) is 23.6. The fourth-order valence-electron chi connectivity index (χ4n) is 2.23. The van der Waals surface area contributed by atoms with Crippen LogP contribution in [0.1, 0.15) is 24.0 Å². The van der Waals surface area contributed by atoms with Crippen LogP contribution in [0.2, 0.25) is 10.0 Å². The number of amides is 2. The molecule has 0 heterocycles. The molecule has 5 nitrogen and oxygen atoms in total. The fourth-order valence-corrected chi connectivity index (χ4v) is 2.70. The predicted molar refractivity (Wildman–Crippen MR) is 102 cm³/mol. The second kappa shape index (κ2) is 10.0. The van der Waals surface area contributed by atoms with Crippen molar-refractivity contribution in [3.05, 3.63) is 63.6 Å². The van der Waals surface area contributed by atoms with Gasteiger partial charge in [-0.2, -0.15) is 0 Å². The Hall–Kier alpha value is -2.24. The Morgan fingerprint density at radius 2 is 1.77 bits per heavy atom. The van der Waals surface area contributed by atoms with Gasteiger partial charge in [0.2, 0.25) is 11.8 Å². The van der Waals surface area contributed by atoms with E-state index in [1.165, 1.54) is 0 Å². The van der Waals surface area contributed by atoms with Crippen molar-refractivity contribution in [2.24, 2.45) is 0 Å². The van der Waals surface area contributed by atoms with Crippen LogP contribution in [0.5, 0.6) is 5.75 Å². The molecule has 0 saturated heterocycles. The number of rotatable bonds is 7. The molecule has 0 bridgehead atoms. The van der Waals surface area contributed by atoms with Crippen LogP contribution in [0, 0.1) is 6.92 Å². The van der Waals surface area contributed by atoms with Crippen LogP contribution in [-0.4, -0.2) is 18.4 Å². The van der Waals surface area contributed by atoms with E-state index in [2.05, 4.69) is 10.9 Å². The van der Waals surface area contributed by atoms with Crippen LogP contribution in [0.3, 0.4) is 0 Å². The minimum atomic E-state index is -0.283. The summed E-state index contributed by atoms with van der Waals surface area (Å²) in [5.41, 5.74) is 6.78. The van der Waals surface area contributed by atoms with Crippen LogP contribution in [0.15, 0.2) is 42.5 Å². The van der Waals surface area contributed by atoms with E-state index >= 15 is 0 Å². The maximum absolute atomic E-state index is 11.9. The van der Waals surface area contributed by atoms with Gasteiger partial charge in [0.05, 0.1) is 18.1 Å². The first-order valence-electron chi connectivity index (χ1n) is 8.16. The highest BCUT2D eigenvalue weighted by Gasteiger charge is 2.08. The van der Waals surface area contributed by atoms with Crippen LogP contribution in [0.25, 0.3) is 0 Å². The second-order valence-corrected chi connectivity index (χ2v) is 6.57. The molecule has 26 heavy (non-hydrogen) atoms. The summed E-state index contributed by atoms with van der Waals surface area (Å²) in [6.45, 7) is 2.26. The van der Waals surface area contributed by atoms with Gasteiger partial charge >= 0.3 is 0 Å². The maximum Gasteiger partial charge on any atom is 0.242 e. The third kappa shape index (κ3) is 6.58. The van der Waals surface area contributed by atoms with Crippen LogP contribution in [0.4, 0.5) is 0 Å². The first-order chi connectivity index (χ1) is 12.5. The third-order valence-electron chi connectivity index (χ3n) is 3.65. The number of carbonyl (C=O) groups is 2. The molecule has 138 valence electrons. The van der Waals surface area contributed by atoms with Crippen molar-refractivity contribution in [3.63, 3.8) is 0 Å². The number of hydrogen-bond acceptors (Lipinski definition) is 3. The van der Waals surface area contributed by atoms with Gasteiger partial charge in [0.25, 0.3) is 0 Å². The second-order valence-electron chi connectivity index (χ2n) is 5.73. The lowest BCUT2D eigenvalue weighted by molar-refractivity contribution is -0.128. The van der Waals surface area contributed by atoms with E-state index in [1.54, 1.807) is 18.2 Å². The monoisotopic (exact) mass is 394 g/mol. The molecule has 0 aliphatic rings. The first kappa shape index (κ1) is 20.1. The Bertz CT molecular complexity index is 781. The normalized spacial score (nSPS) is 10.3. The lowest BCUT2D eigenvalue weighted by Crippen LogP contribution is -2.42. The number of halogens is 2. The molecule has 0 unspecified atom stereocenters. The zero-order valence-electron chi connectivity index (χ0n) is 14.4. The minimum Gasteiger partial charge on any atom is -0.492 e. The number of hydrazine groups is 1. The largest absolute Gasteiger partial charge is 0.492 e. The Kier molecular flexibility index (Phi) is 7.75. The lowest BCUT2D eigenvalue weighted by Gasteiger charge is -2.10. The topological polar surface area (TPSA) is 67.4 Å². The van der Waals surface area contributed by atoms with E-state index in [-0.39, 0.29) is 24.7 Å². The molecule has 0 spiro atoms. The molecule has 0 atom stereocenters. The van der Waals surface area contributed by atoms with Gasteiger partial charge in [0.15, 0.2) is 0 Å². The average molecular weight is 395 g/mol. The van der Waals surface area contributed by atoms with E-state index in [0.717, 1.165) is 11.1 Å². The minimum absolute atomic E-state index is 0.213. The van der Waals surface area contributed by atoms with Crippen LogP contribution in [-0.2, 0) is 16.0 Å². The van der Waals surface area contributed by atoms with Gasteiger partial charge in [-0.1, -0.05) is 47.5 Å². The van der Waals surface area contributed by atoms with Crippen molar-refractivity contribution in [2.75, 3.05) is 6.61 Å². The zero-order chi connectivity index (χ0) is 18.9. The van der Waals surface area contributed by atoms with E-state index < -0.39 is 0 Å². The van der Waals surface area contributed by atoms with Crippen molar-refractivity contribution in [1.82, 2.24) is 10.9 Å². The summed E-state index contributed by atoms with van der Waals surface area (Å²) < 4.78 is 5.50. The average Bonchev–Trinajstić information content (AvgIpc) is 2.60. The summed E-state index contributed by atoms with van der Waals surface area (Å²) >= 11 is 11.8. The van der Waals surface area contributed by atoms with Crippen molar-refractivity contribution in [1.29, 1.82) is 0 Å². The molecule has 2 aromatic carbocycles. The summed E-state index contributed by atoms with van der Waals surface area (Å²) in [5.74, 6) is -0.0335. The van der Waals surface area contributed by atoms with E-state index in [4.69, 9.17) is 27.9 Å². The Morgan fingerprint density at radius 3 is 2.50 bits per heavy atom. The van der Waals surface area contributed by atoms with Crippen LogP contribution < -0.4 is 15.6 Å². The number of hydrogen-bond donors (Lipinski definition) is 2. The fraction of sp³-hybridized carbons (Fsp3) is 0.263. The van der Waals surface area contributed by atoms with E-state index in [1.807, 2.05) is 31.2 Å². The molecular weight excluding hydrogens is 375 g/mol. The van der Waals surface area contributed by atoms with Gasteiger partial charge in [0, 0.05) is 11.4 Å². The van der Waals surface area contributed by atoms with Crippen LogP contribution >= 0.6 is 23.2 Å².